The first-order valence-electron chi connectivity index (χ1n) is 4.73. The van der Waals surface area contributed by atoms with E-state index in [1.165, 1.54) is 6.21 Å². The van der Waals surface area contributed by atoms with Crippen molar-refractivity contribution in [2.24, 2.45) is 5.16 Å². The maximum absolute atomic E-state index is 9.71. The van der Waals surface area contributed by atoms with Gasteiger partial charge in [0.25, 0.3) is 0 Å². The molecule has 1 rings (SSSR count). The summed E-state index contributed by atoms with van der Waals surface area (Å²) >= 11 is 0. The molecule has 1 aromatic rings. The van der Waals surface area contributed by atoms with Gasteiger partial charge in [0, 0.05) is 6.21 Å². The van der Waals surface area contributed by atoms with E-state index < -0.39 is 6.10 Å². The van der Waals surface area contributed by atoms with Crippen molar-refractivity contribution >= 4 is 6.21 Å². The molecule has 76 valence electrons. The maximum atomic E-state index is 9.71. The number of hydrogen-bond acceptors (Lipinski definition) is 3. The Kier molecular flexibility index (Phi) is 4.72. The third-order valence-electron chi connectivity index (χ3n) is 2.08. The van der Waals surface area contributed by atoms with E-state index in [4.69, 9.17) is 5.21 Å². The summed E-state index contributed by atoms with van der Waals surface area (Å²) in [6.45, 7) is 0. The number of rotatable bonds is 5. The van der Waals surface area contributed by atoms with Gasteiger partial charge in [0.15, 0.2) is 0 Å². The third kappa shape index (κ3) is 3.58. The molecule has 3 nitrogen and oxygen atoms in total. The van der Waals surface area contributed by atoms with Gasteiger partial charge < -0.3 is 10.3 Å². The second-order valence-corrected chi connectivity index (χ2v) is 3.16. The van der Waals surface area contributed by atoms with Gasteiger partial charge in [0.05, 0.1) is 6.10 Å². The molecule has 3 heteroatoms. The summed E-state index contributed by atoms with van der Waals surface area (Å²) in [5, 5.41) is 20.8. The van der Waals surface area contributed by atoms with E-state index in [1.54, 1.807) is 0 Å². The molecular weight excluding hydrogens is 178 g/mol. The molecule has 1 aromatic carbocycles. The summed E-state index contributed by atoms with van der Waals surface area (Å²) in [5.41, 5.74) is 0.938. The van der Waals surface area contributed by atoms with Crippen LogP contribution < -0.4 is 0 Å². The Morgan fingerprint density at radius 1 is 1.29 bits per heavy atom. The zero-order valence-corrected chi connectivity index (χ0v) is 8.00. The average Bonchev–Trinajstić information content (AvgIpc) is 2.25. The smallest absolute Gasteiger partial charge is 0.0790 e. The fourth-order valence-electron chi connectivity index (χ4n) is 1.30. The second-order valence-electron chi connectivity index (χ2n) is 3.16. The molecule has 0 fully saturated rings. The summed E-state index contributed by atoms with van der Waals surface area (Å²) in [6.07, 6.45) is 3.23. The Labute approximate surface area is 83.7 Å². The molecule has 0 aliphatic rings. The van der Waals surface area contributed by atoms with Gasteiger partial charge in [-0.2, -0.15) is 0 Å². The quantitative estimate of drug-likeness (QED) is 0.326. The highest BCUT2D eigenvalue weighted by Crippen LogP contribution is 2.17. The molecular formula is C11H15NO2. The van der Waals surface area contributed by atoms with Crippen molar-refractivity contribution in [3.8, 4) is 0 Å². The Morgan fingerprint density at radius 2 is 2.00 bits per heavy atom. The standard InChI is InChI=1S/C11H15NO2/c13-11(8-4-5-9-12-14)10-6-2-1-3-7-10/h1-3,6-7,9,11,13-14H,4-5,8H2. The van der Waals surface area contributed by atoms with E-state index in [-0.39, 0.29) is 0 Å². The van der Waals surface area contributed by atoms with Crippen LogP contribution in [-0.2, 0) is 0 Å². The molecule has 1 atom stereocenters. The summed E-state index contributed by atoms with van der Waals surface area (Å²) in [6, 6.07) is 9.56. The molecule has 0 saturated heterocycles. The SMILES string of the molecule is ON=CCCCC(O)c1ccccc1. The average molecular weight is 193 g/mol. The molecule has 0 saturated carbocycles. The number of aliphatic hydroxyl groups excluding tert-OH is 1. The summed E-state index contributed by atoms with van der Waals surface area (Å²) in [5.74, 6) is 0. The van der Waals surface area contributed by atoms with Crippen LogP contribution in [0.1, 0.15) is 30.9 Å². The van der Waals surface area contributed by atoms with E-state index >= 15 is 0 Å². The van der Waals surface area contributed by atoms with Crippen LogP contribution >= 0.6 is 0 Å². The zero-order valence-electron chi connectivity index (χ0n) is 8.00. The first kappa shape index (κ1) is 10.7. The first-order chi connectivity index (χ1) is 6.84. The fraction of sp³-hybridized carbons (Fsp3) is 0.364. The number of aliphatic hydroxyl groups is 1. The van der Waals surface area contributed by atoms with Crippen LogP contribution in [0.3, 0.4) is 0 Å². The van der Waals surface area contributed by atoms with E-state index in [9.17, 15) is 5.11 Å². The van der Waals surface area contributed by atoms with E-state index in [2.05, 4.69) is 5.16 Å². The van der Waals surface area contributed by atoms with Crippen LogP contribution in [0, 0.1) is 0 Å². The summed E-state index contributed by atoms with van der Waals surface area (Å²) < 4.78 is 0. The van der Waals surface area contributed by atoms with Crippen molar-refractivity contribution in [1.29, 1.82) is 0 Å². The number of nitrogens with zero attached hydrogens (tertiary/aromatic N) is 1. The van der Waals surface area contributed by atoms with Crippen molar-refractivity contribution in [3.63, 3.8) is 0 Å². The molecule has 0 aliphatic heterocycles. The third-order valence-corrected chi connectivity index (χ3v) is 2.08. The lowest BCUT2D eigenvalue weighted by molar-refractivity contribution is 0.165. The van der Waals surface area contributed by atoms with Crippen molar-refractivity contribution in [3.05, 3.63) is 35.9 Å². The molecule has 0 aliphatic carbocycles. The van der Waals surface area contributed by atoms with Crippen molar-refractivity contribution < 1.29 is 10.3 Å². The first-order valence-corrected chi connectivity index (χ1v) is 4.73. The lowest BCUT2D eigenvalue weighted by atomic mass is 10.0. The molecule has 0 heterocycles. The van der Waals surface area contributed by atoms with Crippen molar-refractivity contribution in [2.75, 3.05) is 0 Å². The lowest BCUT2D eigenvalue weighted by Crippen LogP contribution is -1.96. The predicted octanol–water partition coefficient (Wildman–Crippen LogP) is 2.35. The van der Waals surface area contributed by atoms with Gasteiger partial charge in [0.1, 0.15) is 0 Å². The minimum absolute atomic E-state index is 0.414. The molecule has 0 amide bonds. The van der Waals surface area contributed by atoms with Crippen molar-refractivity contribution in [1.82, 2.24) is 0 Å². The highest BCUT2D eigenvalue weighted by molar-refractivity contribution is 5.55. The molecule has 2 N–H and O–H groups in total. The molecule has 1 unspecified atom stereocenters. The Balaban J connectivity index is 2.32. The highest BCUT2D eigenvalue weighted by atomic mass is 16.4. The van der Waals surface area contributed by atoms with Crippen LogP contribution in [-0.4, -0.2) is 16.5 Å². The Bertz CT molecular complexity index is 272. The summed E-state index contributed by atoms with van der Waals surface area (Å²) in [4.78, 5) is 0. The monoisotopic (exact) mass is 193 g/mol. The predicted molar refractivity (Wildman–Crippen MR) is 55.5 cm³/mol. The van der Waals surface area contributed by atoms with Crippen molar-refractivity contribution in [2.45, 2.75) is 25.4 Å². The number of oxime groups is 1. The van der Waals surface area contributed by atoms with Gasteiger partial charge in [-0.1, -0.05) is 30.3 Å². The maximum Gasteiger partial charge on any atom is 0.0790 e. The minimum atomic E-state index is -0.414. The lowest BCUT2D eigenvalue weighted by Gasteiger charge is -2.09. The minimum Gasteiger partial charge on any atom is -0.411 e. The highest BCUT2D eigenvalue weighted by Gasteiger charge is 2.04. The van der Waals surface area contributed by atoms with Crippen LogP contribution in [0.15, 0.2) is 35.5 Å². The Morgan fingerprint density at radius 3 is 2.64 bits per heavy atom. The summed E-state index contributed by atoms with van der Waals surface area (Å²) in [7, 11) is 0. The van der Waals surface area contributed by atoms with E-state index in [1.807, 2.05) is 30.3 Å². The molecule has 0 aromatic heterocycles. The molecule has 14 heavy (non-hydrogen) atoms. The van der Waals surface area contributed by atoms with Gasteiger partial charge in [-0.25, -0.2) is 0 Å². The van der Waals surface area contributed by atoms with E-state index in [0.717, 1.165) is 12.0 Å². The van der Waals surface area contributed by atoms with Crippen LogP contribution in [0.4, 0.5) is 0 Å². The van der Waals surface area contributed by atoms with Gasteiger partial charge in [-0.05, 0) is 24.8 Å². The largest absolute Gasteiger partial charge is 0.411 e. The topological polar surface area (TPSA) is 52.8 Å². The van der Waals surface area contributed by atoms with Crippen LogP contribution in [0.25, 0.3) is 0 Å². The Hall–Kier alpha value is -1.35. The number of benzene rings is 1. The zero-order chi connectivity index (χ0) is 10.2. The van der Waals surface area contributed by atoms with Gasteiger partial charge >= 0.3 is 0 Å². The van der Waals surface area contributed by atoms with E-state index in [0.29, 0.717) is 12.8 Å². The second kappa shape index (κ2) is 6.16. The number of hydrogen-bond donors (Lipinski definition) is 2. The van der Waals surface area contributed by atoms with Gasteiger partial charge in [0.2, 0.25) is 0 Å². The molecule has 0 spiro atoms. The fourth-order valence-corrected chi connectivity index (χ4v) is 1.30. The van der Waals surface area contributed by atoms with Crippen LogP contribution in [0.2, 0.25) is 0 Å². The van der Waals surface area contributed by atoms with Crippen LogP contribution in [0.5, 0.6) is 0 Å². The van der Waals surface area contributed by atoms with Gasteiger partial charge in [-0.15, -0.1) is 5.16 Å². The molecule has 0 radical (unpaired) electrons. The number of unbranched alkanes of at least 4 members (excludes halogenated alkanes) is 1. The molecule has 0 bridgehead atoms. The van der Waals surface area contributed by atoms with Gasteiger partial charge in [-0.3, -0.25) is 0 Å². The normalized spacial score (nSPS) is 13.2.